The van der Waals surface area contributed by atoms with Crippen molar-refractivity contribution in [3.63, 3.8) is 0 Å². The fourth-order valence-corrected chi connectivity index (χ4v) is 6.73. The lowest BCUT2D eigenvalue weighted by Gasteiger charge is -2.26. The molecule has 44 heavy (non-hydrogen) atoms. The van der Waals surface area contributed by atoms with Crippen LogP contribution in [0, 0.1) is 11.3 Å². The molecule has 0 radical (unpaired) electrons. The van der Waals surface area contributed by atoms with Gasteiger partial charge in [0.05, 0.1) is 40.6 Å². The van der Waals surface area contributed by atoms with Gasteiger partial charge in [-0.15, -0.1) is 0 Å². The molecule has 1 atom stereocenters. The lowest BCUT2D eigenvalue weighted by atomic mass is 9.95. The van der Waals surface area contributed by atoms with Gasteiger partial charge in [0.1, 0.15) is 11.8 Å². The highest BCUT2D eigenvalue weighted by Gasteiger charge is 2.35. The predicted molar refractivity (Wildman–Crippen MR) is 170 cm³/mol. The third-order valence-electron chi connectivity index (χ3n) is 7.61. The van der Waals surface area contributed by atoms with Gasteiger partial charge in [0.2, 0.25) is 0 Å². The first-order chi connectivity index (χ1) is 21.4. The minimum absolute atomic E-state index is 0.197. The molecule has 0 saturated heterocycles. The van der Waals surface area contributed by atoms with Crippen LogP contribution < -0.4 is 19.6 Å². The van der Waals surface area contributed by atoms with Crippen molar-refractivity contribution in [2.24, 2.45) is 4.99 Å². The van der Waals surface area contributed by atoms with Gasteiger partial charge in [-0.3, -0.25) is 9.36 Å². The summed E-state index contributed by atoms with van der Waals surface area (Å²) in [6.07, 6.45) is 3.89. The molecule has 0 bridgehead atoms. The van der Waals surface area contributed by atoms with E-state index in [0.29, 0.717) is 50.6 Å². The van der Waals surface area contributed by atoms with Gasteiger partial charge in [-0.2, -0.15) is 5.26 Å². The SMILES string of the molecule is CCOC(=O)C1=C(C)N=c2s/c(=C\c3cn(Cc4ccccc4C#N)c4ccccc34)c(=O)n2[C@H]1c1ccccc1OCC. The Kier molecular flexibility index (Phi) is 8.01. The number of benzene rings is 3. The molecule has 9 heteroatoms. The maximum absolute atomic E-state index is 14.2. The van der Waals surface area contributed by atoms with E-state index in [9.17, 15) is 14.9 Å². The number of hydrogen-bond donors (Lipinski definition) is 0. The Morgan fingerprint density at radius 3 is 2.59 bits per heavy atom. The monoisotopic (exact) mass is 602 g/mol. The molecule has 3 aromatic carbocycles. The molecule has 1 aliphatic heterocycles. The number of fused-ring (bicyclic) bond motifs is 2. The Labute approximate surface area is 258 Å². The third-order valence-corrected chi connectivity index (χ3v) is 8.60. The number of para-hydroxylation sites is 2. The number of carbonyl (C=O) groups excluding carboxylic acids is 1. The van der Waals surface area contributed by atoms with Crippen molar-refractivity contribution in [1.29, 1.82) is 5.26 Å². The summed E-state index contributed by atoms with van der Waals surface area (Å²) in [6.45, 7) is 6.55. The highest BCUT2D eigenvalue weighted by molar-refractivity contribution is 7.07. The topological polar surface area (TPSA) is 98.6 Å². The van der Waals surface area contributed by atoms with Crippen molar-refractivity contribution in [2.45, 2.75) is 33.4 Å². The number of rotatable bonds is 8. The summed E-state index contributed by atoms with van der Waals surface area (Å²) >= 11 is 1.28. The zero-order chi connectivity index (χ0) is 30.8. The molecule has 5 aromatic rings. The molecule has 0 spiro atoms. The summed E-state index contributed by atoms with van der Waals surface area (Å²) in [5, 5.41) is 10.6. The summed E-state index contributed by atoms with van der Waals surface area (Å²) in [5.74, 6) is 0.0758. The number of ether oxygens (including phenoxy) is 2. The van der Waals surface area contributed by atoms with E-state index in [2.05, 4.69) is 10.6 Å². The Balaban J connectivity index is 1.53. The van der Waals surface area contributed by atoms with E-state index in [-0.39, 0.29) is 12.2 Å². The molecule has 2 aromatic heterocycles. The summed E-state index contributed by atoms with van der Waals surface area (Å²) in [4.78, 5) is 32.8. The van der Waals surface area contributed by atoms with Gasteiger partial charge in [0, 0.05) is 34.8 Å². The predicted octanol–water partition coefficient (Wildman–Crippen LogP) is 5.07. The van der Waals surface area contributed by atoms with Gasteiger partial charge in [-0.25, -0.2) is 9.79 Å². The molecule has 0 saturated carbocycles. The Morgan fingerprint density at radius 1 is 1.05 bits per heavy atom. The zero-order valence-electron chi connectivity index (χ0n) is 24.6. The smallest absolute Gasteiger partial charge is 0.338 e. The minimum atomic E-state index is -0.765. The number of esters is 1. The second-order valence-corrected chi connectivity index (χ2v) is 11.3. The third kappa shape index (κ3) is 5.14. The molecule has 0 fully saturated rings. The van der Waals surface area contributed by atoms with Crippen LogP contribution in [0.5, 0.6) is 5.75 Å². The van der Waals surface area contributed by atoms with E-state index < -0.39 is 12.0 Å². The van der Waals surface area contributed by atoms with Gasteiger partial charge in [-0.1, -0.05) is 65.9 Å². The van der Waals surface area contributed by atoms with Crippen LogP contribution in [-0.2, 0) is 16.1 Å². The van der Waals surface area contributed by atoms with E-state index in [0.717, 1.165) is 22.0 Å². The molecule has 0 unspecified atom stereocenters. The van der Waals surface area contributed by atoms with Crippen LogP contribution in [0.25, 0.3) is 17.0 Å². The van der Waals surface area contributed by atoms with Crippen molar-refractivity contribution in [1.82, 2.24) is 9.13 Å². The number of aromatic nitrogens is 2. The summed E-state index contributed by atoms with van der Waals surface area (Å²) in [7, 11) is 0. The van der Waals surface area contributed by atoms with Gasteiger partial charge >= 0.3 is 5.97 Å². The van der Waals surface area contributed by atoms with Crippen molar-refractivity contribution in [3.8, 4) is 11.8 Å². The zero-order valence-corrected chi connectivity index (χ0v) is 25.4. The quantitative estimate of drug-likeness (QED) is 0.231. The summed E-state index contributed by atoms with van der Waals surface area (Å²) in [5.41, 5.74) is 4.64. The first-order valence-corrected chi connectivity index (χ1v) is 15.2. The molecule has 6 rings (SSSR count). The molecular weight excluding hydrogens is 572 g/mol. The van der Waals surface area contributed by atoms with E-state index >= 15 is 0 Å². The first-order valence-electron chi connectivity index (χ1n) is 14.4. The maximum atomic E-state index is 14.2. The van der Waals surface area contributed by atoms with E-state index in [4.69, 9.17) is 14.5 Å². The van der Waals surface area contributed by atoms with Gasteiger partial charge in [-0.05, 0) is 50.6 Å². The fraction of sp³-hybridized carbons (Fsp3) is 0.200. The molecule has 1 aliphatic rings. The van der Waals surface area contributed by atoms with Crippen LogP contribution in [-0.4, -0.2) is 28.3 Å². The highest BCUT2D eigenvalue weighted by atomic mass is 32.1. The molecule has 3 heterocycles. The first kappa shape index (κ1) is 28.9. The maximum Gasteiger partial charge on any atom is 0.338 e. The Hall–Kier alpha value is -5.20. The van der Waals surface area contributed by atoms with Crippen LogP contribution in [0.1, 0.15) is 49.1 Å². The lowest BCUT2D eigenvalue weighted by Crippen LogP contribution is -2.40. The Morgan fingerprint density at radius 2 is 1.80 bits per heavy atom. The van der Waals surface area contributed by atoms with Crippen molar-refractivity contribution in [2.75, 3.05) is 13.2 Å². The van der Waals surface area contributed by atoms with Crippen molar-refractivity contribution in [3.05, 3.63) is 132 Å². The molecule has 8 nitrogen and oxygen atoms in total. The number of hydrogen-bond acceptors (Lipinski definition) is 7. The molecular formula is C35H30N4O4S. The van der Waals surface area contributed by atoms with E-state index in [1.807, 2.05) is 92.0 Å². The highest BCUT2D eigenvalue weighted by Crippen LogP contribution is 2.36. The second kappa shape index (κ2) is 12.2. The van der Waals surface area contributed by atoms with Crippen molar-refractivity contribution >= 4 is 34.3 Å². The van der Waals surface area contributed by atoms with Crippen molar-refractivity contribution < 1.29 is 14.3 Å². The van der Waals surface area contributed by atoms with Crippen LogP contribution in [0.3, 0.4) is 0 Å². The average molecular weight is 603 g/mol. The minimum Gasteiger partial charge on any atom is -0.494 e. The standard InChI is InChI=1S/C35H30N4O4S/c1-4-42-29-17-11-9-15-27(29)32-31(34(41)43-5-2)22(3)37-35-39(32)33(40)30(44-35)18-25-21-38(28-16-10-8-14-26(25)28)20-24-13-7-6-12-23(24)19-36/h6-18,21,32H,4-5,20H2,1-3H3/b30-18-/t32-/m0/s1. The molecule has 0 N–H and O–H groups in total. The fourth-order valence-electron chi connectivity index (χ4n) is 5.69. The normalized spacial score (nSPS) is 14.7. The number of thiazole rings is 1. The van der Waals surface area contributed by atoms with E-state index in [1.54, 1.807) is 18.4 Å². The van der Waals surface area contributed by atoms with Gasteiger partial charge < -0.3 is 14.0 Å². The molecule has 220 valence electrons. The molecule has 0 aliphatic carbocycles. The second-order valence-electron chi connectivity index (χ2n) is 10.3. The Bertz CT molecular complexity index is 2160. The van der Waals surface area contributed by atoms with Gasteiger partial charge in [0.25, 0.3) is 5.56 Å². The number of nitrogens with zero attached hydrogens (tertiary/aromatic N) is 4. The van der Waals surface area contributed by atoms with Crippen LogP contribution >= 0.6 is 11.3 Å². The number of allylic oxidation sites excluding steroid dienone is 1. The summed E-state index contributed by atoms with van der Waals surface area (Å²) < 4.78 is 15.5. The molecule has 0 amide bonds. The number of nitriles is 1. The summed E-state index contributed by atoms with van der Waals surface area (Å²) in [6, 6.07) is 24.5. The lowest BCUT2D eigenvalue weighted by molar-refractivity contribution is -0.139. The van der Waals surface area contributed by atoms with E-state index in [1.165, 1.54) is 11.3 Å². The average Bonchev–Trinajstić information content (AvgIpc) is 3.53. The van der Waals surface area contributed by atoms with Crippen LogP contribution in [0.4, 0.5) is 0 Å². The van der Waals surface area contributed by atoms with Gasteiger partial charge in [0.15, 0.2) is 4.80 Å². The van der Waals surface area contributed by atoms with Crippen LogP contribution in [0.2, 0.25) is 0 Å². The van der Waals surface area contributed by atoms with Crippen LogP contribution in [0.15, 0.2) is 100 Å². The largest absolute Gasteiger partial charge is 0.494 e. The number of carbonyl (C=O) groups is 1.